The van der Waals surface area contributed by atoms with E-state index in [0.29, 0.717) is 10.7 Å². The second-order valence-electron chi connectivity index (χ2n) is 5.96. The molecule has 0 aliphatic carbocycles. The van der Waals surface area contributed by atoms with Crippen LogP contribution in [0.3, 0.4) is 0 Å². The van der Waals surface area contributed by atoms with E-state index >= 15 is 0 Å². The summed E-state index contributed by atoms with van der Waals surface area (Å²) in [5.74, 6) is -1.31. The van der Waals surface area contributed by atoms with E-state index in [1.165, 1.54) is 42.5 Å². The number of benzene rings is 2. The summed E-state index contributed by atoms with van der Waals surface area (Å²) in [6.45, 7) is 0. The molecule has 2 aromatic carbocycles. The molecule has 0 saturated carbocycles. The Hall–Kier alpha value is -3.21. The number of aromatic nitrogens is 1. The molecule has 3 aromatic rings. The van der Waals surface area contributed by atoms with Crippen LogP contribution in [0.2, 0.25) is 5.02 Å². The van der Waals surface area contributed by atoms with Crippen molar-refractivity contribution in [3.63, 3.8) is 0 Å². The molecule has 0 atom stereocenters. The first-order valence-electron chi connectivity index (χ1n) is 8.43. The molecule has 0 saturated heterocycles. The summed E-state index contributed by atoms with van der Waals surface area (Å²) in [7, 11) is -3.94. The minimum Gasteiger partial charge on any atom is -0.352 e. The quantitative estimate of drug-likeness (QED) is 0.342. The molecule has 0 fully saturated rings. The van der Waals surface area contributed by atoms with Gasteiger partial charge in [-0.15, -0.1) is 0 Å². The number of aromatic amines is 1. The third-order valence-corrected chi connectivity index (χ3v) is 5.82. The zero-order valence-corrected chi connectivity index (χ0v) is 17.6. The van der Waals surface area contributed by atoms with E-state index in [-0.39, 0.29) is 20.7 Å². The molecular weight excluding hydrogens is 448 g/mol. The van der Waals surface area contributed by atoms with Crippen molar-refractivity contribution in [1.82, 2.24) is 15.8 Å². The minimum atomic E-state index is -3.94. The number of halogens is 1. The number of hydrogen-bond donors (Lipinski definition) is 4. The highest BCUT2D eigenvalue weighted by Gasteiger charge is 2.17. The van der Waals surface area contributed by atoms with Gasteiger partial charge in [0.2, 0.25) is 0 Å². The van der Waals surface area contributed by atoms with Crippen molar-refractivity contribution >= 4 is 51.3 Å². The van der Waals surface area contributed by atoms with Crippen molar-refractivity contribution in [2.24, 2.45) is 0 Å². The van der Waals surface area contributed by atoms with Gasteiger partial charge in [-0.1, -0.05) is 29.9 Å². The highest BCUT2D eigenvalue weighted by Crippen LogP contribution is 2.19. The Morgan fingerprint density at radius 1 is 0.933 bits per heavy atom. The molecule has 0 unspecified atom stereocenters. The molecule has 1 aromatic heterocycles. The lowest BCUT2D eigenvalue weighted by molar-refractivity contribution is 0.0846. The monoisotopic (exact) mass is 462 g/mol. The van der Waals surface area contributed by atoms with Crippen LogP contribution in [-0.2, 0) is 10.0 Å². The van der Waals surface area contributed by atoms with Crippen molar-refractivity contribution < 1.29 is 18.0 Å². The first-order chi connectivity index (χ1) is 14.3. The predicted octanol–water partition coefficient (Wildman–Crippen LogP) is 3.27. The molecule has 3 rings (SSSR count). The number of hydrogen-bond acceptors (Lipinski definition) is 5. The second-order valence-corrected chi connectivity index (χ2v) is 8.49. The van der Waals surface area contributed by atoms with Crippen LogP contribution in [0, 0.1) is 4.64 Å². The van der Waals surface area contributed by atoms with E-state index in [2.05, 4.69) is 20.6 Å². The van der Waals surface area contributed by atoms with Gasteiger partial charge in [-0.25, -0.2) is 8.42 Å². The van der Waals surface area contributed by atoms with Crippen LogP contribution in [0.25, 0.3) is 0 Å². The summed E-state index contributed by atoms with van der Waals surface area (Å²) in [6, 6.07) is 14.6. The first kappa shape index (κ1) is 21.5. The molecule has 0 bridgehead atoms. The lowest BCUT2D eigenvalue weighted by Crippen LogP contribution is -2.41. The number of hydrazine groups is 1. The maximum absolute atomic E-state index is 12.6. The lowest BCUT2D eigenvalue weighted by Gasteiger charge is -2.10. The van der Waals surface area contributed by atoms with E-state index in [0.717, 1.165) is 0 Å². The smallest absolute Gasteiger partial charge is 0.272 e. The Labute approximate surface area is 182 Å². The fourth-order valence-corrected chi connectivity index (χ4v) is 3.85. The van der Waals surface area contributed by atoms with Crippen molar-refractivity contribution in [1.29, 1.82) is 0 Å². The summed E-state index contributed by atoms with van der Waals surface area (Å²) in [5.41, 5.74) is 5.00. The molecule has 0 radical (unpaired) electrons. The van der Waals surface area contributed by atoms with Crippen molar-refractivity contribution in [3.05, 3.63) is 87.7 Å². The number of pyridine rings is 1. The predicted molar refractivity (Wildman–Crippen MR) is 115 cm³/mol. The van der Waals surface area contributed by atoms with E-state index in [9.17, 15) is 18.0 Å². The molecule has 2 amide bonds. The third kappa shape index (κ3) is 5.23. The second kappa shape index (κ2) is 9.08. The maximum atomic E-state index is 12.6. The van der Waals surface area contributed by atoms with Crippen molar-refractivity contribution in [2.75, 3.05) is 4.72 Å². The summed E-state index contributed by atoms with van der Waals surface area (Å²) in [5, 5.41) is 0.468. The first-order valence-corrected chi connectivity index (χ1v) is 10.7. The zero-order valence-electron chi connectivity index (χ0n) is 15.2. The molecular formula is C19H15ClN4O4S2. The number of carbonyl (C=O) groups is 2. The molecule has 8 nitrogen and oxygen atoms in total. The number of rotatable bonds is 5. The largest absolute Gasteiger partial charge is 0.352 e. The van der Waals surface area contributed by atoms with E-state index in [1.807, 2.05) is 0 Å². The van der Waals surface area contributed by atoms with Gasteiger partial charge >= 0.3 is 0 Å². The zero-order chi connectivity index (χ0) is 21.7. The number of nitrogens with one attached hydrogen (secondary N) is 4. The van der Waals surface area contributed by atoms with Gasteiger partial charge in [-0.3, -0.25) is 25.2 Å². The molecule has 0 aliphatic heterocycles. The van der Waals surface area contributed by atoms with Gasteiger partial charge < -0.3 is 4.98 Å². The number of H-pyrrole nitrogens is 1. The molecule has 30 heavy (non-hydrogen) atoms. The van der Waals surface area contributed by atoms with Gasteiger partial charge in [-0.2, -0.15) is 0 Å². The van der Waals surface area contributed by atoms with Crippen LogP contribution in [0.5, 0.6) is 0 Å². The van der Waals surface area contributed by atoms with E-state index in [4.69, 9.17) is 23.8 Å². The Morgan fingerprint density at radius 3 is 2.33 bits per heavy atom. The van der Waals surface area contributed by atoms with Gasteiger partial charge in [0, 0.05) is 22.5 Å². The molecule has 0 spiro atoms. The Morgan fingerprint density at radius 2 is 1.63 bits per heavy atom. The summed E-state index contributed by atoms with van der Waals surface area (Å²) >= 11 is 10.8. The fraction of sp³-hybridized carbons (Fsp3) is 0. The van der Waals surface area contributed by atoms with Gasteiger partial charge in [0.15, 0.2) is 0 Å². The van der Waals surface area contributed by atoms with Crippen molar-refractivity contribution in [3.8, 4) is 0 Å². The van der Waals surface area contributed by atoms with Gasteiger partial charge in [0.1, 0.15) is 4.64 Å². The highest BCUT2D eigenvalue weighted by molar-refractivity contribution is 7.92. The number of amides is 2. The minimum absolute atomic E-state index is 0.0347. The Bertz CT molecular complexity index is 1260. The van der Waals surface area contributed by atoms with Crippen LogP contribution < -0.4 is 15.6 Å². The van der Waals surface area contributed by atoms with Gasteiger partial charge in [0.25, 0.3) is 21.8 Å². The highest BCUT2D eigenvalue weighted by atomic mass is 35.5. The number of sulfonamides is 1. The summed E-state index contributed by atoms with van der Waals surface area (Å²) < 4.78 is 27.8. The van der Waals surface area contributed by atoms with Crippen LogP contribution in [0.4, 0.5) is 5.69 Å². The molecule has 154 valence electrons. The Kier molecular flexibility index (Phi) is 6.50. The SMILES string of the molecule is O=C(NNC(=O)c1ccc[nH]c1=S)c1cccc(S(=O)(=O)Nc2ccc(Cl)cc2)c1. The lowest BCUT2D eigenvalue weighted by atomic mass is 10.2. The number of anilines is 1. The topological polar surface area (TPSA) is 120 Å². The van der Waals surface area contributed by atoms with Crippen LogP contribution in [0.15, 0.2) is 71.8 Å². The van der Waals surface area contributed by atoms with Gasteiger partial charge in [0.05, 0.1) is 10.5 Å². The number of carbonyl (C=O) groups excluding carboxylic acids is 2. The average molecular weight is 463 g/mol. The van der Waals surface area contributed by atoms with E-state index in [1.54, 1.807) is 24.4 Å². The molecule has 11 heteroatoms. The maximum Gasteiger partial charge on any atom is 0.272 e. The fourth-order valence-electron chi connectivity index (χ4n) is 2.39. The average Bonchev–Trinajstić information content (AvgIpc) is 2.73. The third-order valence-electron chi connectivity index (χ3n) is 3.86. The molecule has 4 N–H and O–H groups in total. The van der Waals surface area contributed by atoms with Crippen LogP contribution in [0.1, 0.15) is 20.7 Å². The Balaban J connectivity index is 1.71. The summed E-state index contributed by atoms with van der Waals surface area (Å²) in [4.78, 5) is 27.1. The molecule has 1 heterocycles. The van der Waals surface area contributed by atoms with Crippen molar-refractivity contribution in [2.45, 2.75) is 4.90 Å². The summed E-state index contributed by atoms with van der Waals surface area (Å²) in [6.07, 6.45) is 1.57. The van der Waals surface area contributed by atoms with Gasteiger partial charge in [-0.05, 0) is 54.6 Å². The van der Waals surface area contributed by atoms with E-state index < -0.39 is 21.8 Å². The normalized spacial score (nSPS) is 10.8. The van der Waals surface area contributed by atoms with Crippen LogP contribution in [-0.4, -0.2) is 25.2 Å². The van der Waals surface area contributed by atoms with Crippen LogP contribution >= 0.6 is 23.8 Å². The molecule has 0 aliphatic rings. The standard InChI is InChI=1S/C19H15ClN4O4S2/c20-13-6-8-14(9-7-13)24-30(27,28)15-4-1-3-12(11-15)17(25)22-23-18(26)16-5-2-10-21-19(16)29/h1-11,24H,(H,21,29)(H,22,25)(H,23,26).